The van der Waals surface area contributed by atoms with Crippen LogP contribution in [0, 0.1) is 0 Å². The molecule has 1 saturated heterocycles. The summed E-state index contributed by atoms with van der Waals surface area (Å²) in [5, 5.41) is 18.6. The van der Waals surface area contributed by atoms with Gasteiger partial charge in [-0.3, -0.25) is 19.1 Å². The molecule has 1 unspecified atom stereocenters. The number of nitrogens with zero attached hydrogens (tertiary/aromatic N) is 1. The van der Waals surface area contributed by atoms with Crippen LogP contribution in [0.3, 0.4) is 0 Å². The zero-order valence-corrected chi connectivity index (χ0v) is 11.6. The van der Waals surface area contributed by atoms with Gasteiger partial charge in [-0.05, 0) is 19.1 Å². The second kappa shape index (κ2) is 6.34. The second-order valence-electron chi connectivity index (χ2n) is 4.88. The molecule has 0 saturated carbocycles. The van der Waals surface area contributed by atoms with Gasteiger partial charge in [0.25, 0.3) is 5.56 Å². The number of carbonyl (C=O) groups excluding carboxylic acids is 1. The van der Waals surface area contributed by atoms with E-state index in [9.17, 15) is 23.9 Å². The molecule has 2 heterocycles. The summed E-state index contributed by atoms with van der Waals surface area (Å²) in [4.78, 5) is 36.3. The molecule has 22 heavy (non-hydrogen) atoms. The summed E-state index contributed by atoms with van der Waals surface area (Å²) in [5.41, 5.74) is -1.72. The van der Waals surface area contributed by atoms with E-state index in [1.54, 1.807) is 0 Å². The number of aromatic amines is 1. The van der Waals surface area contributed by atoms with Gasteiger partial charge >= 0.3 is 5.69 Å². The number of H-pyrrole nitrogens is 1. The third kappa shape index (κ3) is 3.06. The number of ketones is 1. The van der Waals surface area contributed by atoms with Crippen LogP contribution in [0.5, 0.6) is 0 Å². The van der Waals surface area contributed by atoms with Gasteiger partial charge in [-0.1, -0.05) is 0 Å². The number of aliphatic hydroxyl groups is 2. The zero-order chi connectivity index (χ0) is 16.4. The van der Waals surface area contributed by atoms with Gasteiger partial charge in [0.1, 0.15) is 12.2 Å². The van der Waals surface area contributed by atoms with Crippen LogP contribution in [0.25, 0.3) is 6.08 Å². The van der Waals surface area contributed by atoms with E-state index in [2.05, 4.69) is 0 Å². The maximum atomic E-state index is 14.0. The number of aromatic nitrogens is 2. The molecule has 0 bridgehead atoms. The van der Waals surface area contributed by atoms with Crippen LogP contribution in [0.15, 0.2) is 21.9 Å². The maximum Gasteiger partial charge on any atom is 0.330 e. The molecular weight excluding hydrogens is 299 g/mol. The normalized spacial score (nSPS) is 28.4. The molecule has 0 amide bonds. The molecular formula is C13H15FN2O6. The van der Waals surface area contributed by atoms with E-state index in [0.717, 1.165) is 16.8 Å². The number of ether oxygens (including phenoxy) is 1. The first-order chi connectivity index (χ1) is 10.3. The summed E-state index contributed by atoms with van der Waals surface area (Å²) in [6.07, 6.45) is -2.87. The molecule has 1 aliphatic rings. The van der Waals surface area contributed by atoms with Crippen LogP contribution in [0.2, 0.25) is 0 Å². The quantitative estimate of drug-likeness (QED) is 0.596. The van der Waals surface area contributed by atoms with Crippen molar-refractivity contribution in [3.8, 4) is 0 Å². The maximum absolute atomic E-state index is 14.0. The van der Waals surface area contributed by atoms with Crippen molar-refractivity contribution in [1.82, 2.24) is 9.55 Å². The van der Waals surface area contributed by atoms with Crippen molar-refractivity contribution in [1.29, 1.82) is 0 Å². The van der Waals surface area contributed by atoms with E-state index in [1.165, 1.54) is 13.0 Å². The Labute approximate surface area is 123 Å². The SMILES string of the molecule is CC(=O)C=Cc1cn([C@@H]2O[C@H](CO)C(O)[C@@H]2F)c(=O)[nH]c1=O. The minimum atomic E-state index is -1.95. The van der Waals surface area contributed by atoms with Crippen LogP contribution in [0.1, 0.15) is 18.7 Å². The Balaban J connectivity index is 2.44. The molecule has 0 spiro atoms. The lowest BCUT2D eigenvalue weighted by Crippen LogP contribution is -2.36. The van der Waals surface area contributed by atoms with Crippen LogP contribution in [0.4, 0.5) is 4.39 Å². The second-order valence-corrected chi connectivity index (χ2v) is 4.88. The van der Waals surface area contributed by atoms with E-state index in [0.29, 0.717) is 0 Å². The highest BCUT2D eigenvalue weighted by Gasteiger charge is 2.45. The molecule has 0 radical (unpaired) electrons. The van der Waals surface area contributed by atoms with Crippen molar-refractivity contribution in [2.75, 3.05) is 6.61 Å². The topological polar surface area (TPSA) is 122 Å². The summed E-state index contributed by atoms with van der Waals surface area (Å²) in [6, 6.07) is 0. The third-order valence-corrected chi connectivity index (χ3v) is 3.24. The Hall–Kier alpha value is -2.10. The average Bonchev–Trinajstić information content (AvgIpc) is 2.74. The minimum absolute atomic E-state index is 0.0486. The van der Waals surface area contributed by atoms with Crippen molar-refractivity contribution < 1.29 is 24.1 Å². The first kappa shape index (κ1) is 16.3. The number of allylic oxidation sites excluding steroid dienone is 1. The molecule has 1 aromatic heterocycles. The van der Waals surface area contributed by atoms with Crippen LogP contribution >= 0.6 is 0 Å². The minimum Gasteiger partial charge on any atom is -0.394 e. The first-order valence-electron chi connectivity index (χ1n) is 6.47. The van der Waals surface area contributed by atoms with Crippen molar-refractivity contribution >= 4 is 11.9 Å². The largest absolute Gasteiger partial charge is 0.394 e. The van der Waals surface area contributed by atoms with E-state index >= 15 is 0 Å². The number of carbonyl (C=O) groups is 1. The van der Waals surface area contributed by atoms with Crippen LogP contribution < -0.4 is 11.2 Å². The molecule has 1 aliphatic heterocycles. The van der Waals surface area contributed by atoms with E-state index in [-0.39, 0.29) is 11.3 Å². The molecule has 1 fully saturated rings. The van der Waals surface area contributed by atoms with Crippen molar-refractivity contribution in [3.63, 3.8) is 0 Å². The smallest absolute Gasteiger partial charge is 0.330 e. The van der Waals surface area contributed by atoms with Crippen LogP contribution in [-0.4, -0.2) is 50.5 Å². The number of alkyl halides is 1. The molecule has 2 rings (SSSR count). The number of hydrogen-bond acceptors (Lipinski definition) is 6. The van der Waals surface area contributed by atoms with Crippen molar-refractivity contribution in [2.45, 2.75) is 31.5 Å². The summed E-state index contributed by atoms with van der Waals surface area (Å²) in [7, 11) is 0. The lowest BCUT2D eigenvalue weighted by molar-refractivity contribution is -0.112. The number of hydrogen-bond donors (Lipinski definition) is 3. The third-order valence-electron chi connectivity index (χ3n) is 3.24. The Morgan fingerprint density at radius 3 is 2.77 bits per heavy atom. The Morgan fingerprint density at radius 2 is 2.23 bits per heavy atom. The van der Waals surface area contributed by atoms with Gasteiger partial charge in [0.05, 0.1) is 12.2 Å². The van der Waals surface area contributed by atoms with Gasteiger partial charge in [-0.15, -0.1) is 0 Å². The van der Waals surface area contributed by atoms with Gasteiger partial charge < -0.3 is 14.9 Å². The number of rotatable bonds is 4. The fourth-order valence-corrected chi connectivity index (χ4v) is 2.09. The predicted molar refractivity (Wildman–Crippen MR) is 72.9 cm³/mol. The fraction of sp³-hybridized carbons (Fsp3) is 0.462. The molecule has 1 aromatic rings. The Bertz CT molecular complexity index is 709. The standard InChI is InChI=1S/C13H15FN2O6/c1-6(18)2-3-7-4-16(13(21)15-11(7)20)12-9(14)10(19)8(5-17)22-12/h2-4,8-10,12,17,19H,5H2,1H3,(H,15,20,21)/t8-,9+,10?,12-/m1/s1. The number of nitrogens with one attached hydrogen (secondary N) is 1. The molecule has 4 atom stereocenters. The van der Waals surface area contributed by atoms with Gasteiger partial charge in [-0.25, -0.2) is 9.18 Å². The van der Waals surface area contributed by atoms with Gasteiger partial charge in [0.15, 0.2) is 18.2 Å². The van der Waals surface area contributed by atoms with Crippen LogP contribution in [-0.2, 0) is 9.53 Å². The van der Waals surface area contributed by atoms with E-state index < -0.39 is 42.5 Å². The molecule has 0 aromatic carbocycles. The molecule has 8 nitrogen and oxygen atoms in total. The predicted octanol–water partition coefficient (Wildman–Crippen LogP) is -1.27. The summed E-state index contributed by atoms with van der Waals surface area (Å²) in [6.45, 7) is 0.661. The van der Waals surface area contributed by atoms with E-state index in [4.69, 9.17) is 9.84 Å². The fourth-order valence-electron chi connectivity index (χ4n) is 2.09. The molecule has 9 heteroatoms. The molecule has 3 N–H and O–H groups in total. The monoisotopic (exact) mass is 314 g/mol. The number of halogens is 1. The van der Waals surface area contributed by atoms with Crippen molar-refractivity contribution in [2.24, 2.45) is 0 Å². The highest BCUT2D eigenvalue weighted by atomic mass is 19.1. The average molecular weight is 314 g/mol. The molecule has 0 aliphatic carbocycles. The summed E-state index contributed by atoms with van der Waals surface area (Å²) < 4.78 is 19.9. The number of aliphatic hydroxyl groups excluding tert-OH is 2. The summed E-state index contributed by atoms with van der Waals surface area (Å²) in [5.74, 6) is -0.312. The highest BCUT2D eigenvalue weighted by molar-refractivity contribution is 5.91. The van der Waals surface area contributed by atoms with Gasteiger partial charge in [-0.2, -0.15) is 0 Å². The highest BCUT2D eigenvalue weighted by Crippen LogP contribution is 2.30. The van der Waals surface area contributed by atoms with Crippen molar-refractivity contribution in [3.05, 3.63) is 38.7 Å². The van der Waals surface area contributed by atoms with Gasteiger partial charge in [0, 0.05) is 6.20 Å². The Kier molecular flexibility index (Phi) is 4.69. The first-order valence-corrected chi connectivity index (χ1v) is 6.47. The molecule has 120 valence electrons. The Morgan fingerprint density at radius 1 is 1.55 bits per heavy atom. The lowest BCUT2D eigenvalue weighted by Gasteiger charge is -2.16. The zero-order valence-electron chi connectivity index (χ0n) is 11.6. The van der Waals surface area contributed by atoms with Gasteiger partial charge in [0.2, 0.25) is 0 Å². The lowest BCUT2D eigenvalue weighted by atomic mass is 10.1. The summed E-state index contributed by atoms with van der Waals surface area (Å²) >= 11 is 0. The van der Waals surface area contributed by atoms with E-state index in [1.807, 2.05) is 4.98 Å².